The zero-order valence-corrected chi connectivity index (χ0v) is 11.5. The minimum Gasteiger partial charge on any atom is -0.456 e. The number of hydrogen-bond acceptors (Lipinski definition) is 3. The highest BCUT2D eigenvalue weighted by Crippen LogP contribution is 2.23. The fraction of sp³-hybridized carbons (Fsp3) is 0.643. The molecule has 0 saturated heterocycles. The van der Waals surface area contributed by atoms with E-state index in [0.29, 0.717) is 0 Å². The molecule has 0 amide bonds. The smallest absolute Gasteiger partial charge is 0.334 e. The van der Waals surface area contributed by atoms with Crippen molar-refractivity contribution in [2.75, 3.05) is 14.1 Å². The first-order chi connectivity index (χ1) is 7.85. The molecule has 3 heteroatoms. The molecule has 0 radical (unpaired) electrons. The summed E-state index contributed by atoms with van der Waals surface area (Å²) in [5.74, 6) is -0.175. The summed E-state index contributed by atoms with van der Waals surface area (Å²) < 4.78 is 5.47. The highest BCUT2D eigenvalue weighted by Gasteiger charge is 2.23. The van der Waals surface area contributed by atoms with Crippen LogP contribution < -0.4 is 0 Å². The van der Waals surface area contributed by atoms with Crippen molar-refractivity contribution in [1.29, 1.82) is 0 Å². The molecule has 0 saturated carbocycles. The van der Waals surface area contributed by atoms with Crippen LogP contribution in [0.25, 0.3) is 0 Å². The maximum Gasteiger partial charge on any atom is 0.334 e. The number of carbonyl (C=O) groups is 1. The molecular formula is C14H23NO2. The SMILES string of the molecule is CCC(C)(C)OC(=O)C1=CC=C(N(C)C)CC1. The molecule has 0 aliphatic heterocycles. The maximum atomic E-state index is 11.9. The van der Waals surface area contributed by atoms with Crippen LogP contribution in [-0.2, 0) is 9.53 Å². The van der Waals surface area contributed by atoms with Gasteiger partial charge < -0.3 is 9.64 Å². The standard InChI is InChI=1S/C14H23NO2/c1-6-14(2,3)17-13(16)11-7-9-12(10-8-11)15(4)5/h7,9H,6,8,10H2,1-5H3. The Balaban J connectivity index is 2.67. The van der Waals surface area contributed by atoms with Gasteiger partial charge in [-0.05, 0) is 39.2 Å². The lowest BCUT2D eigenvalue weighted by Crippen LogP contribution is -2.28. The molecule has 0 fully saturated rings. The molecule has 0 bridgehead atoms. The molecule has 0 unspecified atom stereocenters. The van der Waals surface area contributed by atoms with E-state index in [1.54, 1.807) is 0 Å². The fourth-order valence-electron chi connectivity index (χ4n) is 1.56. The predicted octanol–water partition coefficient (Wildman–Crippen LogP) is 2.88. The van der Waals surface area contributed by atoms with Gasteiger partial charge in [-0.25, -0.2) is 4.79 Å². The molecule has 17 heavy (non-hydrogen) atoms. The summed E-state index contributed by atoms with van der Waals surface area (Å²) >= 11 is 0. The van der Waals surface area contributed by atoms with Crippen LogP contribution in [0, 0.1) is 0 Å². The first-order valence-corrected chi connectivity index (χ1v) is 6.16. The quantitative estimate of drug-likeness (QED) is 0.704. The van der Waals surface area contributed by atoms with Crippen molar-refractivity contribution in [2.24, 2.45) is 0 Å². The summed E-state index contributed by atoms with van der Waals surface area (Å²) in [4.78, 5) is 14.0. The van der Waals surface area contributed by atoms with Gasteiger partial charge in [-0.3, -0.25) is 0 Å². The monoisotopic (exact) mass is 237 g/mol. The first kappa shape index (κ1) is 13.8. The molecule has 0 heterocycles. The Morgan fingerprint density at radius 3 is 2.41 bits per heavy atom. The Morgan fingerprint density at radius 2 is 2.00 bits per heavy atom. The van der Waals surface area contributed by atoms with E-state index in [-0.39, 0.29) is 11.6 Å². The van der Waals surface area contributed by atoms with Gasteiger partial charge in [0.1, 0.15) is 5.60 Å². The second kappa shape index (κ2) is 5.39. The van der Waals surface area contributed by atoms with Crippen LogP contribution in [0.15, 0.2) is 23.4 Å². The molecule has 1 aliphatic rings. The number of esters is 1. The average molecular weight is 237 g/mol. The van der Waals surface area contributed by atoms with Gasteiger partial charge in [-0.15, -0.1) is 0 Å². The summed E-state index contributed by atoms with van der Waals surface area (Å²) in [6.45, 7) is 5.90. The van der Waals surface area contributed by atoms with E-state index < -0.39 is 0 Å². The average Bonchev–Trinajstić information content (AvgIpc) is 2.28. The first-order valence-electron chi connectivity index (χ1n) is 6.16. The summed E-state index contributed by atoms with van der Waals surface area (Å²) in [7, 11) is 4.03. The minimum atomic E-state index is -0.372. The molecule has 0 aromatic heterocycles. The Labute approximate surface area is 104 Å². The van der Waals surface area contributed by atoms with Crippen molar-refractivity contribution in [2.45, 2.75) is 45.6 Å². The van der Waals surface area contributed by atoms with Crippen LogP contribution >= 0.6 is 0 Å². The molecule has 0 N–H and O–H groups in total. The van der Waals surface area contributed by atoms with E-state index >= 15 is 0 Å². The van der Waals surface area contributed by atoms with Crippen LogP contribution in [0.1, 0.15) is 40.0 Å². The Morgan fingerprint density at radius 1 is 1.35 bits per heavy atom. The number of nitrogens with zero attached hydrogens (tertiary/aromatic N) is 1. The van der Waals surface area contributed by atoms with Crippen molar-refractivity contribution >= 4 is 5.97 Å². The van der Waals surface area contributed by atoms with E-state index in [2.05, 4.69) is 4.90 Å². The van der Waals surface area contributed by atoms with Crippen molar-refractivity contribution < 1.29 is 9.53 Å². The van der Waals surface area contributed by atoms with Crippen molar-refractivity contribution in [1.82, 2.24) is 4.90 Å². The second-order valence-corrected chi connectivity index (χ2v) is 5.25. The van der Waals surface area contributed by atoms with Gasteiger partial charge >= 0.3 is 5.97 Å². The number of allylic oxidation sites excluding steroid dienone is 3. The molecule has 3 nitrogen and oxygen atoms in total. The van der Waals surface area contributed by atoms with Crippen molar-refractivity contribution in [3.63, 3.8) is 0 Å². The Hall–Kier alpha value is -1.25. The number of hydrogen-bond donors (Lipinski definition) is 0. The maximum absolute atomic E-state index is 11.9. The molecule has 0 spiro atoms. The predicted molar refractivity (Wildman–Crippen MR) is 69.5 cm³/mol. The third-order valence-electron chi connectivity index (χ3n) is 3.18. The van der Waals surface area contributed by atoms with Crippen molar-refractivity contribution in [3.05, 3.63) is 23.4 Å². The van der Waals surface area contributed by atoms with E-state index in [0.717, 1.165) is 24.8 Å². The minimum absolute atomic E-state index is 0.175. The van der Waals surface area contributed by atoms with Gasteiger partial charge in [0.05, 0.1) is 0 Å². The van der Waals surface area contributed by atoms with Gasteiger partial charge in [0, 0.05) is 25.4 Å². The van der Waals surface area contributed by atoms with Gasteiger partial charge in [-0.1, -0.05) is 13.0 Å². The largest absolute Gasteiger partial charge is 0.456 e. The zero-order valence-electron chi connectivity index (χ0n) is 11.5. The third-order valence-corrected chi connectivity index (χ3v) is 3.18. The summed E-state index contributed by atoms with van der Waals surface area (Å²) in [6.07, 6.45) is 6.37. The van der Waals surface area contributed by atoms with E-state index in [1.807, 2.05) is 47.0 Å². The van der Waals surface area contributed by atoms with Crippen LogP contribution in [0.5, 0.6) is 0 Å². The topological polar surface area (TPSA) is 29.5 Å². The fourth-order valence-corrected chi connectivity index (χ4v) is 1.56. The lowest BCUT2D eigenvalue weighted by atomic mass is 10.0. The molecule has 96 valence electrons. The Kier molecular flexibility index (Phi) is 4.38. The summed E-state index contributed by atoms with van der Waals surface area (Å²) in [6, 6.07) is 0. The van der Waals surface area contributed by atoms with Crippen LogP contribution in [0.3, 0.4) is 0 Å². The normalized spacial score (nSPS) is 16.1. The zero-order chi connectivity index (χ0) is 13.1. The third kappa shape index (κ3) is 3.91. The molecule has 1 aliphatic carbocycles. The van der Waals surface area contributed by atoms with Crippen molar-refractivity contribution in [3.8, 4) is 0 Å². The Bertz CT molecular complexity index is 351. The number of ether oxygens (including phenoxy) is 1. The van der Waals surface area contributed by atoms with E-state index in [9.17, 15) is 4.79 Å². The van der Waals surface area contributed by atoms with Gasteiger partial charge in [0.25, 0.3) is 0 Å². The van der Waals surface area contributed by atoms with Gasteiger partial charge in [-0.2, -0.15) is 0 Å². The molecular weight excluding hydrogens is 214 g/mol. The van der Waals surface area contributed by atoms with E-state index in [1.165, 1.54) is 5.70 Å². The number of rotatable bonds is 4. The van der Waals surface area contributed by atoms with Crippen LogP contribution in [0.4, 0.5) is 0 Å². The molecule has 1 rings (SSSR count). The molecule has 0 aromatic carbocycles. The van der Waals surface area contributed by atoms with Crippen LogP contribution in [-0.4, -0.2) is 30.6 Å². The van der Waals surface area contributed by atoms with E-state index in [4.69, 9.17) is 4.74 Å². The lowest BCUT2D eigenvalue weighted by molar-refractivity contribution is -0.151. The highest BCUT2D eigenvalue weighted by molar-refractivity contribution is 5.89. The van der Waals surface area contributed by atoms with Crippen LogP contribution in [0.2, 0.25) is 0 Å². The van der Waals surface area contributed by atoms with Gasteiger partial charge in [0.15, 0.2) is 0 Å². The lowest BCUT2D eigenvalue weighted by Gasteiger charge is -2.25. The number of carbonyl (C=O) groups excluding carboxylic acids is 1. The molecule has 0 aromatic rings. The molecule has 0 atom stereocenters. The summed E-state index contributed by atoms with van der Waals surface area (Å²) in [5, 5.41) is 0. The highest BCUT2D eigenvalue weighted by atomic mass is 16.6. The van der Waals surface area contributed by atoms with Gasteiger partial charge in [0.2, 0.25) is 0 Å². The second-order valence-electron chi connectivity index (χ2n) is 5.25. The summed E-state index contributed by atoms with van der Waals surface area (Å²) in [5.41, 5.74) is 1.65.